The SMILES string of the molecule is CCNCCNC(=O)c1c(O)c2cc(Br)cc(Br)c2[nH]c1=O. The summed E-state index contributed by atoms with van der Waals surface area (Å²) in [6, 6.07) is 3.38. The number of nitrogens with one attached hydrogen (secondary N) is 3. The largest absolute Gasteiger partial charge is 0.506 e. The zero-order chi connectivity index (χ0) is 16.3. The third-order valence-corrected chi connectivity index (χ3v) is 4.16. The molecule has 1 heterocycles. The summed E-state index contributed by atoms with van der Waals surface area (Å²) >= 11 is 6.63. The third-order valence-electron chi connectivity index (χ3n) is 3.08. The number of aromatic nitrogens is 1. The van der Waals surface area contributed by atoms with Crippen LogP contribution in [0.1, 0.15) is 17.3 Å². The first-order valence-electron chi connectivity index (χ1n) is 6.68. The lowest BCUT2D eigenvalue weighted by atomic mass is 10.1. The summed E-state index contributed by atoms with van der Waals surface area (Å²) in [4.78, 5) is 26.8. The summed E-state index contributed by atoms with van der Waals surface area (Å²) in [6.07, 6.45) is 0. The van der Waals surface area contributed by atoms with E-state index >= 15 is 0 Å². The van der Waals surface area contributed by atoms with Crippen molar-refractivity contribution in [3.05, 3.63) is 37.0 Å². The van der Waals surface area contributed by atoms with Gasteiger partial charge in [0.05, 0.1) is 5.52 Å². The Labute approximate surface area is 143 Å². The van der Waals surface area contributed by atoms with Gasteiger partial charge in [0.1, 0.15) is 11.3 Å². The summed E-state index contributed by atoms with van der Waals surface area (Å²) in [5, 5.41) is 16.4. The van der Waals surface area contributed by atoms with Crippen molar-refractivity contribution in [3.63, 3.8) is 0 Å². The van der Waals surface area contributed by atoms with Crippen LogP contribution < -0.4 is 16.2 Å². The fraction of sp³-hybridized carbons (Fsp3) is 0.286. The smallest absolute Gasteiger partial charge is 0.265 e. The summed E-state index contributed by atoms with van der Waals surface area (Å²) in [5.41, 5.74) is -0.474. The molecule has 4 N–H and O–H groups in total. The average Bonchev–Trinajstić information content (AvgIpc) is 2.45. The molecule has 0 fully saturated rings. The molecular formula is C14H15Br2N3O3. The van der Waals surface area contributed by atoms with Gasteiger partial charge in [-0.2, -0.15) is 0 Å². The number of amides is 1. The molecule has 2 rings (SSSR count). The molecule has 0 radical (unpaired) electrons. The number of halogens is 2. The topological polar surface area (TPSA) is 94.2 Å². The summed E-state index contributed by atoms with van der Waals surface area (Å²) in [5.74, 6) is -0.934. The van der Waals surface area contributed by atoms with E-state index in [0.717, 1.165) is 6.54 Å². The molecule has 1 aromatic carbocycles. The Bertz CT molecular complexity index is 774. The molecule has 1 amide bonds. The van der Waals surface area contributed by atoms with Gasteiger partial charge in [0.15, 0.2) is 0 Å². The van der Waals surface area contributed by atoms with Crippen LogP contribution in [0.25, 0.3) is 10.9 Å². The molecule has 1 aromatic heterocycles. The fourth-order valence-electron chi connectivity index (χ4n) is 2.05. The Hall–Kier alpha value is -1.38. The maximum Gasteiger partial charge on any atom is 0.265 e. The van der Waals surface area contributed by atoms with Crippen LogP contribution in [-0.4, -0.2) is 35.6 Å². The molecule has 8 heteroatoms. The number of fused-ring (bicyclic) bond motifs is 1. The van der Waals surface area contributed by atoms with Gasteiger partial charge >= 0.3 is 0 Å². The monoisotopic (exact) mass is 431 g/mol. The summed E-state index contributed by atoms with van der Waals surface area (Å²) < 4.78 is 1.33. The minimum absolute atomic E-state index is 0.283. The quantitative estimate of drug-likeness (QED) is 0.544. The van der Waals surface area contributed by atoms with Crippen molar-refractivity contribution in [2.75, 3.05) is 19.6 Å². The number of rotatable bonds is 5. The number of hydrogen-bond acceptors (Lipinski definition) is 4. The van der Waals surface area contributed by atoms with Gasteiger partial charge < -0.3 is 20.7 Å². The molecule has 0 atom stereocenters. The Morgan fingerprint density at radius 3 is 2.73 bits per heavy atom. The number of H-pyrrole nitrogens is 1. The van der Waals surface area contributed by atoms with Crippen LogP contribution in [0, 0.1) is 0 Å². The molecule has 118 valence electrons. The minimum atomic E-state index is -0.631. The molecule has 6 nitrogen and oxygen atoms in total. The lowest BCUT2D eigenvalue weighted by molar-refractivity contribution is 0.0950. The highest BCUT2D eigenvalue weighted by molar-refractivity contribution is 9.11. The van der Waals surface area contributed by atoms with E-state index in [4.69, 9.17) is 0 Å². The van der Waals surface area contributed by atoms with Gasteiger partial charge in [0, 0.05) is 27.4 Å². The van der Waals surface area contributed by atoms with E-state index in [1.807, 2.05) is 6.92 Å². The molecular weight excluding hydrogens is 418 g/mol. The van der Waals surface area contributed by atoms with Gasteiger partial charge in [0.25, 0.3) is 11.5 Å². The van der Waals surface area contributed by atoms with E-state index in [0.29, 0.717) is 32.9 Å². The van der Waals surface area contributed by atoms with Gasteiger partial charge in [0.2, 0.25) is 0 Å². The average molecular weight is 433 g/mol. The number of aromatic amines is 1. The zero-order valence-corrected chi connectivity index (χ0v) is 15.0. The van der Waals surface area contributed by atoms with Crippen molar-refractivity contribution in [2.45, 2.75) is 6.92 Å². The second kappa shape index (κ2) is 7.26. The van der Waals surface area contributed by atoms with E-state index in [9.17, 15) is 14.7 Å². The molecule has 0 aliphatic heterocycles. The van der Waals surface area contributed by atoms with Crippen molar-refractivity contribution in [1.82, 2.24) is 15.6 Å². The second-order valence-electron chi connectivity index (χ2n) is 4.60. The molecule has 0 saturated heterocycles. The second-order valence-corrected chi connectivity index (χ2v) is 6.37. The number of benzene rings is 1. The normalized spacial score (nSPS) is 10.9. The molecule has 0 aliphatic rings. The lowest BCUT2D eigenvalue weighted by Crippen LogP contribution is -2.34. The number of carbonyl (C=O) groups is 1. The Morgan fingerprint density at radius 1 is 1.32 bits per heavy atom. The van der Waals surface area contributed by atoms with E-state index in [2.05, 4.69) is 47.5 Å². The molecule has 0 saturated carbocycles. The maximum atomic E-state index is 12.1. The molecule has 2 aromatic rings. The zero-order valence-electron chi connectivity index (χ0n) is 11.8. The van der Waals surface area contributed by atoms with Gasteiger partial charge in [-0.3, -0.25) is 9.59 Å². The highest BCUT2D eigenvalue weighted by atomic mass is 79.9. The van der Waals surface area contributed by atoms with Crippen LogP contribution in [-0.2, 0) is 0 Å². The highest BCUT2D eigenvalue weighted by Gasteiger charge is 2.20. The van der Waals surface area contributed by atoms with Crippen LogP contribution in [0.15, 0.2) is 25.9 Å². The molecule has 22 heavy (non-hydrogen) atoms. The van der Waals surface area contributed by atoms with Crippen LogP contribution in [0.2, 0.25) is 0 Å². The van der Waals surface area contributed by atoms with Gasteiger partial charge in [-0.1, -0.05) is 22.9 Å². The van der Waals surface area contributed by atoms with Crippen molar-refractivity contribution in [2.24, 2.45) is 0 Å². The summed E-state index contributed by atoms with van der Waals surface area (Å²) in [7, 11) is 0. The Kier molecular flexibility index (Phi) is 5.60. The van der Waals surface area contributed by atoms with E-state index in [-0.39, 0.29) is 11.3 Å². The van der Waals surface area contributed by atoms with Gasteiger partial charge in [-0.15, -0.1) is 0 Å². The fourth-order valence-corrected chi connectivity index (χ4v) is 3.37. The van der Waals surface area contributed by atoms with E-state index < -0.39 is 11.5 Å². The van der Waals surface area contributed by atoms with Crippen LogP contribution in [0.3, 0.4) is 0 Å². The van der Waals surface area contributed by atoms with Gasteiger partial charge in [-0.25, -0.2) is 0 Å². The number of likely N-dealkylation sites (N-methyl/N-ethyl adjacent to an activating group) is 1. The molecule has 0 bridgehead atoms. The Morgan fingerprint density at radius 2 is 2.05 bits per heavy atom. The minimum Gasteiger partial charge on any atom is -0.506 e. The van der Waals surface area contributed by atoms with Crippen molar-refractivity contribution >= 4 is 48.7 Å². The first-order chi connectivity index (χ1) is 10.5. The van der Waals surface area contributed by atoms with Crippen LogP contribution >= 0.6 is 31.9 Å². The number of pyridine rings is 1. The molecule has 0 aliphatic carbocycles. The molecule has 0 spiro atoms. The van der Waals surface area contributed by atoms with Crippen LogP contribution in [0.5, 0.6) is 5.75 Å². The standard InChI is InChI=1S/C14H15Br2N3O3/c1-2-17-3-4-18-13(21)10-12(20)8-5-7(15)6-9(16)11(8)19-14(10)22/h5-6,17H,2-4H2,1H3,(H,18,21)(H2,19,20,22). The van der Waals surface area contributed by atoms with Crippen LogP contribution in [0.4, 0.5) is 0 Å². The third kappa shape index (κ3) is 3.50. The predicted octanol–water partition coefficient (Wildman–Crippen LogP) is 2.10. The number of aromatic hydroxyl groups is 1. The Balaban J connectivity index is 2.42. The van der Waals surface area contributed by atoms with Crippen molar-refractivity contribution in [1.29, 1.82) is 0 Å². The number of hydrogen-bond donors (Lipinski definition) is 4. The van der Waals surface area contributed by atoms with E-state index in [1.165, 1.54) is 0 Å². The molecule has 0 unspecified atom stereocenters. The lowest BCUT2D eigenvalue weighted by Gasteiger charge is -2.10. The van der Waals surface area contributed by atoms with Crippen molar-refractivity contribution < 1.29 is 9.90 Å². The van der Waals surface area contributed by atoms with Gasteiger partial charge in [-0.05, 0) is 34.6 Å². The predicted molar refractivity (Wildman–Crippen MR) is 92.5 cm³/mol. The number of carbonyl (C=O) groups excluding carboxylic acids is 1. The first kappa shape index (κ1) is 17.0. The maximum absolute atomic E-state index is 12.1. The van der Waals surface area contributed by atoms with Crippen molar-refractivity contribution in [3.8, 4) is 5.75 Å². The summed E-state index contributed by atoms with van der Waals surface area (Å²) in [6.45, 7) is 3.70. The highest BCUT2D eigenvalue weighted by Crippen LogP contribution is 2.32. The van der Waals surface area contributed by atoms with E-state index in [1.54, 1.807) is 12.1 Å². The first-order valence-corrected chi connectivity index (χ1v) is 8.27.